The van der Waals surface area contributed by atoms with Gasteiger partial charge in [-0.3, -0.25) is 9.10 Å². The van der Waals surface area contributed by atoms with E-state index in [1.165, 1.54) is 7.11 Å². The lowest BCUT2D eigenvalue weighted by molar-refractivity contribution is -0.114. The molecule has 1 amide bonds. The number of hydrogen-bond acceptors (Lipinski definition) is 5. The SMILES string of the molecule is CCOc1ccc(NC(=O)CN(c2ccc(C)c(C)c2)S(=O)(=O)c2cc(C)ccc2OC)cc1. The molecule has 0 radical (unpaired) electrons. The monoisotopic (exact) mass is 482 g/mol. The summed E-state index contributed by atoms with van der Waals surface area (Å²) in [6.45, 7) is 7.67. The number of sulfonamides is 1. The van der Waals surface area contributed by atoms with Gasteiger partial charge < -0.3 is 14.8 Å². The van der Waals surface area contributed by atoms with Crippen LogP contribution in [-0.2, 0) is 14.8 Å². The van der Waals surface area contributed by atoms with E-state index in [1.807, 2.05) is 26.8 Å². The Hall–Kier alpha value is -3.52. The van der Waals surface area contributed by atoms with E-state index in [-0.39, 0.29) is 10.6 Å². The molecule has 0 saturated heterocycles. The van der Waals surface area contributed by atoms with E-state index in [0.29, 0.717) is 23.7 Å². The first-order valence-electron chi connectivity index (χ1n) is 10.9. The Bertz CT molecular complexity index is 1270. The lowest BCUT2D eigenvalue weighted by Gasteiger charge is -2.26. The van der Waals surface area contributed by atoms with Gasteiger partial charge in [0.25, 0.3) is 10.0 Å². The molecule has 0 atom stereocenters. The Morgan fingerprint density at radius 1 is 0.941 bits per heavy atom. The van der Waals surface area contributed by atoms with E-state index >= 15 is 0 Å². The standard InChI is InChI=1S/C26H30N2O5S/c1-6-33-23-12-9-21(10-13-23)27-26(29)17-28(22-11-8-19(3)20(4)16-22)34(30,31)25-15-18(2)7-14-24(25)32-5/h7-16H,6,17H2,1-5H3,(H,27,29). The maximum absolute atomic E-state index is 13.8. The van der Waals surface area contributed by atoms with Crippen molar-refractivity contribution in [3.8, 4) is 11.5 Å². The third kappa shape index (κ3) is 5.69. The number of carbonyl (C=O) groups excluding carboxylic acids is 1. The summed E-state index contributed by atoms with van der Waals surface area (Å²) in [7, 11) is -2.70. The van der Waals surface area contributed by atoms with Gasteiger partial charge in [-0.2, -0.15) is 0 Å². The van der Waals surface area contributed by atoms with E-state index in [0.717, 1.165) is 21.0 Å². The first-order valence-corrected chi connectivity index (χ1v) is 12.4. The number of rotatable bonds is 9. The highest BCUT2D eigenvalue weighted by Crippen LogP contribution is 2.31. The number of methoxy groups -OCH3 is 1. The molecule has 7 nitrogen and oxygen atoms in total. The van der Waals surface area contributed by atoms with E-state index in [4.69, 9.17) is 9.47 Å². The molecule has 34 heavy (non-hydrogen) atoms. The quantitative estimate of drug-likeness (QED) is 0.471. The van der Waals surface area contributed by atoms with Crippen molar-refractivity contribution in [2.75, 3.05) is 29.9 Å². The van der Waals surface area contributed by atoms with Gasteiger partial charge in [-0.05, 0) is 92.9 Å². The van der Waals surface area contributed by atoms with Crippen molar-refractivity contribution in [1.29, 1.82) is 0 Å². The van der Waals surface area contributed by atoms with Crippen molar-refractivity contribution in [2.45, 2.75) is 32.6 Å². The van der Waals surface area contributed by atoms with Crippen LogP contribution in [0.15, 0.2) is 65.6 Å². The fourth-order valence-electron chi connectivity index (χ4n) is 3.43. The molecule has 0 unspecified atom stereocenters. The summed E-state index contributed by atoms with van der Waals surface area (Å²) < 4.78 is 39.5. The van der Waals surface area contributed by atoms with Crippen LogP contribution in [0.25, 0.3) is 0 Å². The predicted molar refractivity (Wildman–Crippen MR) is 134 cm³/mol. The fraction of sp³-hybridized carbons (Fsp3) is 0.269. The molecule has 0 fully saturated rings. The molecule has 3 rings (SSSR count). The highest BCUT2D eigenvalue weighted by molar-refractivity contribution is 7.93. The van der Waals surface area contributed by atoms with Gasteiger partial charge in [-0.15, -0.1) is 0 Å². The van der Waals surface area contributed by atoms with Crippen LogP contribution in [0, 0.1) is 20.8 Å². The van der Waals surface area contributed by atoms with Crippen LogP contribution in [0.3, 0.4) is 0 Å². The Morgan fingerprint density at radius 3 is 2.26 bits per heavy atom. The number of benzene rings is 3. The van der Waals surface area contributed by atoms with Crippen molar-refractivity contribution in [3.05, 3.63) is 77.4 Å². The summed E-state index contributed by atoms with van der Waals surface area (Å²) in [5.41, 5.74) is 3.64. The lowest BCUT2D eigenvalue weighted by atomic mass is 10.1. The van der Waals surface area contributed by atoms with Crippen molar-refractivity contribution in [2.24, 2.45) is 0 Å². The summed E-state index contributed by atoms with van der Waals surface area (Å²) in [6.07, 6.45) is 0. The molecule has 3 aromatic rings. The minimum Gasteiger partial charge on any atom is -0.495 e. The highest BCUT2D eigenvalue weighted by Gasteiger charge is 2.30. The normalized spacial score (nSPS) is 11.1. The molecular formula is C26H30N2O5S. The smallest absolute Gasteiger partial charge is 0.268 e. The molecule has 0 aliphatic carbocycles. The van der Waals surface area contributed by atoms with Gasteiger partial charge in [-0.1, -0.05) is 12.1 Å². The zero-order chi connectivity index (χ0) is 24.9. The van der Waals surface area contributed by atoms with Crippen LogP contribution in [0.4, 0.5) is 11.4 Å². The molecule has 0 heterocycles. The van der Waals surface area contributed by atoms with Gasteiger partial charge in [0.2, 0.25) is 5.91 Å². The second kappa shape index (κ2) is 10.6. The maximum Gasteiger partial charge on any atom is 0.268 e. The fourth-order valence-corrected chi connectivity index (χ4v) is 5.09. The second-order valence-corrected chi connectivity index (χ2v) is 9.77. The Kier molecular flexibility index (Phi) is 7.83. The zero-order valence-electron chi connectivity index (χ0n) is 20.1. The molecule has 8 heteroatoms. The first kappa shape index (κ1) is 25.1. The van der Waals surface area contributed by atoms with Crippen molar-refractivity contribution < 1.29 is 22.7 Å². The number of aryl methyl sites for hydroxylation is 3. The van der Waals surface area contributed by atoms with E-state index in [2.05, 4.69) is 5.32 Å². The maximum atomic E-state index is 13.8. The van der Waals surface area contributed by atoms with Crippen LogP contribution in [0.5, 0.6) is 11.5 Å². The molecule has 180 valence electrons. The number of nitrogens with zero attached hydrogens (tertiary/aromatic N) is 1. The molecule has 0 saturated carbocycles. The number of hydrogen-bond donors (Lipinski definition) is 1. The Morgan fingerprint density at radius 2 is 1.65 bits per heavy atom. The molecule has 0 bridgehead atoms. The largest absolute Gasteiger partial charge is 0.495 e. The van der Waals surface area contributed by atoms with Crippen LogP contribution in [0.1, 0.15) is 23.6 Å². The summed E-state index contributed by atoms with van der Waals surface area (Å²) in [5, 5.41) is 2.77. The van der Waals surface area contributed by atoms with E-state index in [1.54, 1.807) is 61.5 Å². The van der Waals surface area contributed by atoms with Gasteiger partial charge in [0.05, 0.1) is 19.4 Å². The molecule has 1 N–H and O–H groups in total. The van der Waals surface area contributed by atoms with Gasteiger partial charge >= 0.3 is 0 Å². The van der Waals surface area contributed by atoms with Gasteiger partial charge in [0.1, 0.15) is 22.9 Å². The third-order valence-electron chi connectivity index (χ3n) is 5.40. The van der Waals surface area contributed by atoms with E-state index in [9.17, 15) is 13.2 Å². The summed E-state index contributed by atoms with van der Waals surface area (Å²) in [5.74, 6) is 0.426. The molecule has 0 spiro atoms. The molecule has 0 aliphatic rings. The minimum atomic E-state index is -4.12. The predicted octanol–water partition coefficient (Wildman–Crippen LogP) is 4.85. The minimum absolute atomic E-state index is 0.00194. The Balaban J connectivity index is 1.98. The van der Waals surface area contributed by atoms with E-state index < -0.39 is 22.5 Å². The van der Waals surface area contributed by atoms with Crippen LogP contribution in [0.2, 0.25) is 0 Å². The third-order valence-corrected chi connectivity index (χ3v) is 7.20. The number of carbonyl (C=O) groups is 1. The highest BCUT2D eigenvalue weighted by atomic mass is 32.2. The van der Waals surface area contributed by atoms with Crippen LogP contribution in [-0.4, -0.2) is 34.6 Å². The van der Waals surface area contributed by atoms with Crippen LogP contribution < -0.4 is 19.1 Å². The Labute approximate surface area is 201 Å². The summed E-state index contributed by atoms with van der Waals surface area (Å²) >= 11 is 0. The molecular weight excluding hydrogens is 452 g/mol. The second-order valence-electron chi connectivity index (χ2n) is 7.94. The van der Waals surface area contributed by atoms with Gasteiger partial charge in [0, 0.05) is 5.69 Å². The van der Waals surface area contributed by atoms with Crippen molar-refractivity contribution in [3.63, 3.8) is 0 Å². The number of nitrogens with one attached hydrogen (secondary N) is 1. The average molecular weight is 483 g/mol. The lowest BCUT2D eigenvalue weighted by Crippen LogP contribution is -2.38. The summed E-state index contributed by atoms with van der Waals surface area (Å²) in [6, 6.07) is 17.1. The zero-order valence-corrected chi connectivity index (χ0v) is 20.9. The molecule has 3 aromatic carbocycles. The van der Waals surface area contributed by atoms with Crippen molar-refractivity contribution >= 4 is 27.3 Å². The number of anilines is 2. The average Bonchev–Trinajstić information content (AvgIpc) is 2.81. The van der Waals surface area contributed by atoms with Gasteiger partial charge in [-0.25, -0.2) is 8.42 Å². The van der Waals surface area contributed by atoms with Crippen molar-refractivity contribution in [1.82, 2.24) is 0 Å². The first-order chi connectivity index (χ1) is 16.1. The van der Waals surface area contributed by atoms with Gasteiger partial charge in [0.15, 0.2) is 0 Å². The van der Waals surface area contributed by atoms with Crippen LogP contribution >= 0.6 is 0 Å². The number of ether oxygens (including phenoxy) is 2. The topological polar surface area (TPSA) is 84.9 Å². The number of amides is 1. The molecule has 0 aromatic heterocycles. The summed E-state index contributed by atoms with van der Waals surface area (Å²) in [4.78, 5) is 13.0. The molecule has 0 aliphatic heterocycles.